The minimum atomic E-state index is -1.64. The highest BCUT2D eigenvalue weighted by molar-refractivity contribution is 6.21. The van der Waals surface area contributed by atoms with Crippen molar-refractivity contribution in [2.45, 2.75) is 231 Å². The molecule has 7 N–H and O–H groups in total. The van der Waals surface area contributed by atoms with E-state index in [1.165, 1.54) is 57.9 Å². The third-order valence-electron chi connectivity index (χ3n) is 13.8. The van der Waals surface area contributed by atoms with Crippen molar-refractivity contribution in [2.75, 3.05) is 6.61 Å². The van der Waals surface area contributed by atoms with Gasteiger partial charge in [0.2, 0.25) is 0 Å². The lowest BCUT2D eigenvalue weighted by Crippen LogP contribution is -2.42. The van der Waals surface area contributed by atoms with Crippen molar-refractivity contribution in [1.82, 2.24) is 0 Å². The van der Waals surface area contributed by atoms with Gasteiger partial charge in [-0.05, 0) is 82.1 Å². The lowest BCUT2D eigenvalue weighted by Gasteiger charge is -2.31. The van der Waals surface area contributed by atoms with Crippen molar-refractivity contribution in [3.05, 3.63) is 36.0 Å². The molecule has 2 bridgehead atoms. The summed E-state index contributed by atoms with van der Waals surface area (Å²) in [6, 6.07) is 0. The van der Waals surface area contributed by atoms with Crippen LogP contribution in [0.5, 0.6) is 0 Å². The second kappa shape index (κ2) is 31.8. The minimum absolute atomic E-state index is 0.0543. The van der Waals surface area contributed by atoms with Gasteiger partial charge in [0.25, 0.3) is 0 Å². The molecule has 0 radical (unpaired) electrons. The summed E-state index contributed by atoms with van der Waals surface area (Å²) < 4.78 is 17.1. The van der Waals surface area contributed by atoms with Crippen LogP contribution >= 0.6 is 11.6 Å². The number of rotatable bonds is 28. The lowest BCUT2D eigenvalue weighted by atomic mass is 9.83. The van der Waals surface area contributed by atoms with Crippen LogP contribution in [-0.2, 0) is 28.6 Å². The molecule has 1 fully saturated rings. The molecule has 2 heterocycles. The van der Waals surface area contributed by atoms with E-state index in [1.54, 1.807) is 46.8 Å². The van der Waals surface area contributed by atoms with Crippen LogP contribution < -0.4 is 0 Å². The summed E-state index contributed by atoms with van der Waals surface area (Å²) in [5.41, 5.74) is 0.536. The number of ether oxygens (including phenoxy) is 3. The number of carbonyl (C=O) groups excluding carboxylic acids is 3. The summed E-state index contributed by atoms with van der Waals surface area (Å²) in [6.45, 7) is 13.7. The monoisotopic (exact) mass is 957 g/mol. The quantitative estimate of drug-likeness (QED) is 0.0176. The maximum absolute atomic E-state index is 13.2. The Balaban J connectivity index is 1.83. The number of unbranched alkanes of at least 4 members (excludes halogenated alkanes) is 11. The number of esters is 2. The fourth-order valence-corrected chi connectivity index (χ4v) is 9.28. The van der Waals surface area contributed by atoms with Crippen molar-refractivity contribution >= 4 is 29.3 Å². The lowest BCUT2D eigenvalue weighted by molar-refractivity contribution is -0.167. The Kier molecular flexibility index (Phi) is 28.9. The van der Waals surface area contributed by atoms with Crippen LogP contribution in [0.3, 0.4) is 0 Å². The molecular weight excluding hydrogens is 868 g/mol. The van der Waals surface area contributed by atoms with E-state index in [4.69, 9.17) is 25.8 Å². The third kappa shape index (κ3) is 20.8. The van der Waals surface area contributed by atoms with E-state index in [1.807, 2.05) is 6.92 Å². The number of aliphatic hydroxyl groups excluding tert-OH is 7. The number of fused-ring (bicyclic) bond motifs is 2. The van der Waals surface area contributed by atoms with E-state index in [2.05, 4.69) is 19.1 Å². The summed E-state index contributed by atoms with van der Waals surface area (Å²) in [6.07, 6.45) is 12.9. The van der Waals surface area contributed by atoms with Gasteiger partial charge in [0.05, 0.1) is 35.7 Å². The first-order valence-corrected chi connectivity index (χ1v) is 25.6. The zero-order chi connectivity index (χ0) is 49.5. The Morgan fingerprint density at radius 2 is 1.42 bits per heavy atom. The van der Waals surface area contributed by atoms with Crippen molar-refractivity contribution in [3.63, 3.8) is 0 Å². The molecule has 0 aromatic heterocycles. The fraction of sp³-hybridized carbons (Fsp3) is 0.827. The Morgan fingerprint density at radius 3 is 2.05 bits per heavy atom. The molecule has 2 aliphatic rings. The standard InChI is InChI=1S/C52H89ClO13/c1-9-10-11-12-13-14-15-16-17-18-19-20-21-22-23-24-45(57)64-31-42(56)39(53)29-35(5)47(59)37(7)46(58)34(4)27-32(2)28-41(55)51-44-30-43(65-51)50(62)40(54)26-25-33(3)36(6)48(60)49(61)38(8)52(63)66-44/h16-17,25-27,32-33,35-44,46-47,49-51,54-56,58-59,61-62H,9-15,18-24,28-31H2,1-8H3. The van der Waals surface area contributed by atoms with Crippen LogP contribution in [0.25, 0.3) is 0 Å². The van der Waals surface area contributed by atoms with E-state index in [9.17, 15) is 50.1 Å². The van der Waals surface area contributed by atoms with Crippen molar-refractivity contribution < 1.29 is 64.3 Å². The van der Waals surface area contributed by atoms with Crippen molar-refractivity contribution in [3.8, 4) is 0 Å². The van der Waals surface area contributed by atoms with E-state index >= 15 is 0 Å². The fourth-order valence-electron chi connectivity index (χ4n) is 8.93. The molecular formula is C52H89ClO13. The Morgan fingerprint density at radius 1 is 0.833 bits per heavy atom. The van der Waals surface area contributed by atoms with Gasteiger partial charge >= 0.3 is 11.9 Å². The van der Waals surface area contributed by atoms with Gasteiger partial charge in [-0.2, -0.15) is 0 Å². The molecule has 0 aliphatic carbocycles. The van der Waals surface area contributed by atoms with Gasteiger partial charge in [0, 0.05) is 24.7 Å². The van der Waals surface area contributed by atoms with E-state index in [-0.39, 0.29) is 44.2 Å². The van der Waals surface area contributed by atoms with Crippen LogP contribution in [0.15, 0.2) is 36.0 Å². The van der Waals surface area contributed by atoms with Gasteiger partial charge in [-0.3, -0.25) is 14.4 Å². The Labute approximate surface area is 401 Å². The van der Waals surface area contributed by atoms with Crippen molar-refractivity contribution in [1.29, 1.82) is 0 Å². The van der Waals surface area contributed by atoms with Gasteiger partial charge in [0.1, 0.15) is 43.2 Å². The number of hydrogen-bond acceptors (Lipinski definition) is 13. The summed E-state index contributed by atoms with van der Waals surface area (Å²) in [4.78, 5) is 38.5. The molecule has 0 aromatic carbocycles. The molecule has 17 unspecified atom stereocenters. The molecule has 382 valence electrons. The van der Waals surface area contributed by atoms with Gasteiger partial charge in [-0.25, -0.2) is 0 Å². The maximum atomic E-state index is 13.2. The smallest absolute Gasteiger partial charge is 0.312 e. The average molecular weight is 958 g/mol. The first-order valence-electron chi connectivity index (χ1n) is 25.2. The number of carbonyl (C=O) groups is 3. The number of alkyl halides is 1. The molecule has 0 saturated carbocycles. The number of aliphatic hydroxyl groups is 7. The molecule has 66 heavy (non-hydrogen) atoms. The summed E-state index contributed by atoms with van der Waals surface area (Å²) in [5, 5.41) is 76.3. The van der Waals surface area contributed by atoms with Crippen LogP contribution in [0.4, 0.5) is 0 Å². The number of allylic oxidation sites excluding steroid dienone is 4. The van der Waals surface area contributed by atoms with Gasteiger partial charge in [-0.1, -0.05) is 123 Å². The van der Waals surface area contributed by atoms with E-state index in [0.717, 1.165) is 38.5 Å². The highest BCUT2D eigenvalue weighted by Crippen LogP contribution is 2.34. The first-order chi connectivity index (χ1) is 31.2. The summed E-state index contributed by atoms with van der Waals surface area (Å²) >= 11 is 6.52. The Hall–Kier alpha value is -2.20. The number of hydrogen-bond donors (Lipinski definition) is 7. The maximum Gasteiger partial charge on any atom is 0.312 e. The number of Topliss-reactive ketones (excluding diaryl/α,β-unsaturated/α-hetero) is 1. The SMILES string of the molecule is CCCCCCCCC=CCCCCCCCC(=O)OCC(O)C(Cl)CC(C)C(O)C(C)C(O)C(C)=CC(C)CC(O)C1OC2CC1OC(=O)C(C)C(O)C(=O)C(C)C(C)C=CC(O)C2O. The molecule has 2 aliphatic heterocycles. The first kappa shape index (κ1) is 59.9. The molecule has 1 saturated heterocycles. The van der Waals surface area contributed by atoms with Crippen LogP contribution in [0.1, 0.15) is 165 Å². The molecule has 17 atom stereocenters. The molecule has 13 nitrogen and oxygen atoms in total. The normalized spacial score (nSPS) is 29.4. The molecule has 14 heteroatoms. The van der Waals surface area contributed by atoms with Crippen molar-refractivity contribution in [2.24, 2.45) is 35.5 Å². The predicted octanol–water partition coefficient (Wildman–Crippen LogP) is 7.45. The highest BCUT2D eigenvalue weighted by atomic mass is 35.5. The molecule has 0 amide bonds. The molecule has 0 spiro atoms. The second-order valence-corrected chi connectivity index (χ2v) is 20.4. The summed E-state index contributed by atoms with van der Waals surface area (Å²) in [5.74, 6) is -5.56. The Bertz CT molecular complexity index is 1490. The van der Waals surface area contributed by atoms with Gasteiger partial charge < -0.3 is 50.0 Å². The topological polar surface area (TPSA) is 221 Å². The van der Waals surface area contributed by atoms with Crippen LogP contribution in [0.2, 0.25) is 0 Å². The summed E-state index contributed by atoms with van der Waals surface area (Å²) in [7, 11) is 0. The largest absolute Gasteiger partial charge is 0.463 e. The van der Waals surface area contributed by atoms with Gasteiger partial charge in [-0.15, -0.1) is 11.6 Å². The van der Waals surface area contributed by atoms with Crippen LogP contribution in [0, 0.1) is 35.5 Å². The van der Waals surface area contributed by atoms with E-state index in [0.29, 0.717) is 5.57 Å². The number of ketones is 1. The third-order valence-corrected chi connectivity index (χ3v) is 14.3. The molecule has 0 aromatic rings. The second-order valence-electron chi connectivity index (χ2n) is 19.8. The highest BCUT2D eigenvalue weighted by Gasteiger charge is 2.47. The zero-order valence-electron chi connectivity index (χ0n) is 41.4. The zero-order valence-corrected chi connectivity index (χ0v) is 42.1. The predicted molar refractivity (Wildman–Crippen MR) is 257 cm³/mol. The average Bonchev–Trinajstić information content (AvgIpc) is 3.72. The molecule has 2 rings (SSSR count). The van der Waals surface area contributed by atoms with Crippen LogP contribution in [-0.4, -0.2) is 126 Å². The minimum Gasteiger partial charge on any atom is -0.463 e. The number of halogens is 1. The van der Waals surface area contributed by atoms with E-state index < -0.39 is 108 Å². The van der Waals surface area contributed by atoms with Gasteiger partial charge in [0.15, 0.2) is 5.78 Å².